The number of anilines is 1. The molecule has 7 atom stereocenters. The molecule has 0 N–H and O–H groups in total. The highest BCUT2D eigenvalue weighted by Gasteiger charge is 2.77. The van der Waals surface area contributed by atoms with E-state index in [1.165, 1.54) is 24.0 Å². The maximum atomic E-state index is 12.8. The lowest BCUT2D eigenvalue weighted by atomic mass is 9.43. The quantitative estimate of drug-likeness (QED) is 0.363. The van der Waals surface area contributed by atoms with Gasteiger partial charge >= 0.3 is 6.09 Å². The van der Waals surface area contributed by atoms with E-state index in [4.69, 9.17) is 23.7 Å². The Kier molecular flexibility index (Phi) is 6.03. The summed E-state index contributed by atoms with van der Waals surface area (Å²) < 4.78 is 31.4. The van der Waals surface area contributed by atoms with Crippen LogP contribution in [-0.4, -0.2) is 56.7 Å². The van der Waals surface area contributed by atoms with Gasteiger partial charge in [-0.05, 0) is 104 Å². The molecule has 43 heavy (non-hydrogen) atoms. The normalized spacial score (nSPS) is 41.7. The van der Waals surface area contributed by atoms with Crippen LogP contribution in [0.5, 0.6) is 0 Å². The molecule has 4 saturated carbocycles. The fourth-order valence-corrected chi connectivity index (χ4v) is 11.2. The van der Waals surface area contributed by atoms with E-state index in [1.807, 2.05) is 20.8 Å². The van der Waals surface area contributed by atoms with Crippen molar-refractivity contribution in [2.45, 2.75) is 96.7 Å². The van der Waals surface area contributed by atoms with Gasteiger partial charge in [0.1, 0.15) is 5.60 Å². The molecule has 7 nitrogen and oxygen atoms in total. The zero-order valence-corrected chi connectivity index (χ0v) is 26.9. The first kappa shape index (κ1) is 28.5. The van der Waals surface area contributed by atoms with Crippen molar-refractivity contribution in [1.82, 2.24) is 0 Å². The van der Waals surface area contributed by atoms with Crippen LogP contribution in [0.3, 0.4) is 0 Å². The molecule has 0 radical (unpaired) electrons. The highest BCUT2D eigenvalue weighted by atomic mass is 16.7. The van der Waals surface area contributed by atoms with Crippen LogP contribution in [0.2, 0.25) is 0 Å². The Labute approximate surface area is 256 Å². The number of amides is 1. The summed E-state index contributed by atoms with van der Waals surface area (Å²) in [7, 11) is 1.78. The van der Waals surface area contributed by atoms with Crippen LogP contribution in [0, 0.1) is 39.9 Å². The molecule has 0 aromatic heterocycles. The fraction of sp³-hybridized carbons (Fsp3) is 0.750. The average molecular weight is 592 g/mol. The summed E-state index contributed by atoms with van der Waals surface area (Å²) in [5.41, 5.74) is 3.27. The first-order valence-corrected chi connectivity index (χ1v) is 16.7. The molecule has 1 aromatic carbocycles. The first-order chi connectivity index (χ1) is 20.3. The Balaban J connectivity index is 1.20. The highest BCUT2D eigenvalue weighted by molar-refractivity contribution is 5.87. The van der Waals surface area contributed by atoms with Crippen LogP contribution in [0.25, 0.3) is 5.57 Å². The van der Waals surface area contributed by atoms with Crippen LogP contribution in [0.1, 0.15) is 85.1 Å². The average Bonchev–Trinajstić information content (AvgIpc) is 3.31. The molecule has 2 saturated heterocycles. The summed E-state index contributed by atoms with van der Waals surface area (Å²) in [5, 5.41) is 0. The first-order valence-electron chi connectivity index (χ1n) is 16.7. The van der Waals surface area contributed by atoms with Crippen molar-refractivity contribution < 1.29 is 28.5 Å². The largest absolute Gasteiger partial charge is 0.443 e. The van der Waals surface area contributed by atoms with E-state index in [-0.39, 0.29) is 28.1 Å². The number of fused-ring (bicyclic) bond motifs is 5. The molecule has 2 aliphatic heterocycles. The third kappa shape index (κ3) is 3.90. The molecule has 234 valence electrons. The van der Waals surface area contributed by atoms with Gasteiger partial charge in [0.2, 0.25) is 0 Å². The lowest BCUT2D eigenvalue weighted by Gasteiger charge is -2.62. The number of carbonyl (C=O) groups is 1. The number of ether oxygens (including phenoxy) is 5. The zero-order valence-electron chi connectivity index (χ0n) is 26.9. The van der Waals surface area contributed by atoms with E-state index in [1.54, 1.807) is 11.9 Å². The summed E-state index contributed by atoms with van der Waals surface area (Å²) >= 11 is 0. The van der Waals surface area contributed by atoms with Crippen molar-refractivity contribution in [1.29, 1.82) is 0 Å². The molecule has 1 aromatic rings. The minimum atomic E-state index is -0.541. The van der Waals surface area contributed by atoms with E-state index < -0.39 is 11.4 Å². The zero-order chi connectivity index (χ0) is 30.0. The predicted octanol–water partition coefficient (Wildman–Crippen LogP) is 7.19. The van der Waals surface area contributed by atoms with E-state index in [2.05, 4.69) is 44.2 Å². The van der Waals surface area contributed by atoms with Crippen molar-refractivity contribution >= 4 is 17.4 Å². The number of allylic oxidation sites excluding steroid dienone is 1. The lowest BCUT2D eigenvalue weighted by molar-refractivity contribution is -0.235. The summed E-state index contributed by atoms with van der Waals surface area (Å²) in [6.07, 6.45) is 10.1. The van der Waals surface area contributed by atoms with Gasteiger partial charge in [-0.25, -0.2) is 4.79 Å². The number of nitrogens with zero attached hydrogens (tertiary/aromatic N) is 1. The van der Waals surface area contributed by atoms with Crippen molar-refractivity contribution in [2.24, 2.45) is 39.9 Å². The van der Waals surface area contributed by atoms with Gasteiger partial charge in [-0.1, -0.05) is 32.1 Å². The maximum Gasteiger partial charge on any atom is 0.414 e. The van der Waals surface area contributed by atoms with Gasteiger partial charge in [-0.15, -0.1) is 0 Å². The molecule has 2 heterocycles. The third-order valence-electron chi connectivity index (χ3n) is 13.2. The van der Waals surface area contributed by atoms with Gasteiger partial charge in [0, 0.05) is 37.4 Å². The second-order valence-electron chi connectivity index (χ2n) is 16.2. The lowest BCUT2D eigenvalue weighted by Crippen LogP contribution is -2.58. The fourth-order valence-electron chi connectivity index (χ4n) is 11.2. The van der Waals surface area contributed by atoms with Crippen LogP contribution < -0.4 is 4.90 Å². The molecule has 8 rings (SSSR count). The van der Waals surface area contributed by atoms with Crippen molar-refractivity contribution in [3.8, 4) is 0 Å². The highest BCUT2D eigenvalue weighted by Crippen LogP contribution is 2.82. The summed E-state index contributed by atoms with van der Waals surface area (Å²) in [5.74, 6) is 1.43. The molecule has 7 aliphatic rings. The Morgan fingerprint density at radius 1 is 0.953 bits per heavy atom. The smallest absolute Gasteiger partial charge is 0.414 e. The molecule has 6 fully saturated rings. The van der Waals surface area contributed by atoms with Gasteiger partial charge in [0.15, 0.2) is 11.6 Å². The SMILES string of the molecule is CN(C(=O)OC(C)(C)C)c1ccc(C2=C[C@@]3(C)[C@@H](CCC34OCCO4)[C@@H]3C[C@@H]4C[C@@]45CC4(CC[C@]5(C)[C@@H]23)OCCO4)cc1. The molecule has 1 amide bonds. The number of benzene rings is 1. The van der Waals surface area contributed by atoms with Gasteiger partial charge in [0.25, 0.3) is 0 Å². The Morgan fingerprint density at radius 3 is 2.30 bits per heavy atom. The molecule has 5 aliphatic carbocycles. The number of carbonyl (C=O) groups excluding carboxylic acids is 1. The Morgan fingerprint density at radius 2 is 1.63 bits per heavy atom. The predicted molar refractivity (Wildman–Crippen MR) is 163 cm³/mol. The molecule has 0 unspecified atom stereocenters. The summed E-state index contributed by atoms with van der Waals surface area (Å²) in [4.78, 5) is 14.4. The van der Waals surface area contributed by atoms with Crippen LogP contribution in [0.15, 0.2) is 30.3 Å². The number of rotatable bonds is 2. The van der Waals surface area contributed by atoms with Crippen molar-refractivity contribution in [3.05, 3.63) is 35.9 Å². The third-order valence-corrected chi connectivity index (χ3v) is 13.2. The monoisotopic (exact) mass is 591 g/mol. The van der Waals surface area contributed by atoms with E-state index in [0.29, 0.717) is 31.0 Å². The van der Waals surface area contributed by atoms with Crippen molar-refractivity contribution in [2.75, 3.05) is 38.4 Å². The molecule has 3 spiro atoms. The number of hydrogen-bond donors (Lipinski definition) is 0. The van der Waals surface area contributed by atoms with E-state index >= 15 is 0 Å². The van der Waals surface area contributed by atoms with Gasteiger partial charge in [-0.2, -0.15) is 0 Å². The van der Waals surface area contributed by atoms with Crippen LogP contribution in [-0.2, 0) is 23.7 Å². The Bertz CT molecular complexity index is 1340. The minimum absolute atomic E-state index is 0.174. The maximum absolute atomic E-state index is 12.8. The van der Waals surface area contributed by atoms with E-state index in [9.17, 15) is 4.79 Å². The molecular formula is C36H49NO6. The van der Waals surface area contributed by atoms with Gasteiger partial charge in [0.05, 0.1) is 26.4 Å². The molecule has 7 heteroatoms. The van der Waals surface area contributed by atoms with Crippen molar-refractivity contribution in [3.63, 3.8) is 0 Å². The van der Waals surface area contributed by atoms with Crippen LogP contribution >= 0.6 is 0 Å². The topological polar surface area (TPSA) is 66.5 Å². The number of hydrogen-bond acceptors (Lipinski definition) is 6. The Hall–Kier alpha value is -1.93. The standard InChI is InChI=1S/C36H49NO6/c1-31(2,3)43-30(38)37(6)25-9-7-23(8-10-25)27-21-33(5)28(11-12-36(33)41-17-18-42-36)26-19-24-20-34(24)22-35(39-15-16-40-35)14-13-32(34,4)29(26)27/h7-10,21,24,26,28-29H,11-20,22H2,1-6H3/t24-,26+,28+,29-,32-,33+,34-/m1/s1. The summed E-state index contributed by atoms with van der Waals surface area (Å²) in [6.45, 7) is 13.5. The minimum Gasteiger partial charge on any atom is -0.443 e. The summed E-state index contributed by atoms with van der Waals surface area (Å²) in [6, 6.07) is 8.60. The second kappa shape index (κ2) is 9.08. The second-order valence-corrected chi connectivity index (χ2v) is 16.2. The molecule has 0 bridgehead atoms. The van der Waals surface area contributed by atoms with Gasteiger partial charge in [-0.3, -0.25) is 4.90 Å². The molecular weight excluding hydrogens is 542 g/mol. The van der Waals surface area contributed by atoms with Gasteiger partial charge < -0.3 is 23.7 Å². The van der Waals surface area contributed by atoms with E-state index in [0.717, 1.165) is 56.9 Å². The van der Waals surface area contributed by atoms with Crippen LogP contribution in [0.4, 0.5) is 10.5 Å².